The Morgan fingerprint density at radius 1 is 1.27 bits per heavy atom. The van der Waals surface area contributed by atoms with Crippen molar-refractivity contribution in [1.82, 2.24) is 4.98 Å². The van der Waals surface area contributed by atoms with Gasteiger partial charge in [-0.15, -0.1) is 0 Å². The normalized spacial score (nSPS) is 17.3. The van der Waals surface area contributed by atoms with Crippen molar-refractivity contribution in [2.45, 2.75) is 26.3 Å². The van der Waals surface area contributed by atoms with Crippen LogP contribution in [0, 0.1) is 11.7 Å². The summed E-state index contributed by atoms with van der Waals surface area (Å²) < 4.78 is 13.3. The van der Waals surface area contributed by atoms with Crippen molar-refractivity contribution in [2.75, 3.05) is 4.90 Å². The predicted molar refractivity (Wildman–Crippen MR) is 95.0 cm³/mol. The molecular weight excluding hydrogens is 335 g/mol. The SMILES string of the molecule is CC(C)CC(=O)C1=C(O)C(=O)N(c2ccc(F)cc2)C1c1cccnc1. The minimum atomic E-state index is -0.798. The highest BCUT2D eigenvalue weighted by molar-refractivity contribution is 6.16. The summed E-state index contributed by atoms with van der Waals surface area (Å²) >= 11 is 0. The van der Waals surface area contributed by atoms with Crippen LogP contribution in [0.3, 0.4) is 0 Å². The molecule has 5 nitrogen and oxygen atoms in total. The maximum absolute atomic E-state index is 13.3. The number of hydrogen-bond donors (Lipinski definition) is 1. The van der Waals surface area contributed by atoms with E-state index >= 15 is 0 Å². The van der Waals surface area contributed by atoms with Crippen molar-refractivity contribution in [2.24, 2.45) is 5.92 Å². The van der Waals surface area contributed by atoms with Crippen molar-refractivity contribution < 1.29 is 19.1 Å². The van der Waals surface area contributed by atoms with Crippen LogP contribution < -0.4 is 4.90 Å². The van der Waals surface area contributed by atoms with Gasteiger partial charge in [0.15, 0.2) is 11.5 Å². The Bertz CT molecular complexity index is 860. The number of aliphatic hydroxyl groups is 1. The third kappa shape index (κ3) is 3.22. The Morgan fingerprint density at radius 3 is 2.54 bits per heavy atom. The van der Waals surface area contributed by atoms with Crippen LogP contribution in [-0.2, 0) is 9.59 Å². The van der Waals surface area contributed by atoms with Gasteiger partial charge in [-0.2, -0.15) is 0 Å². The van der Waals surface area contributed by atoms with E-state index < -0.39 is 23.5 Å². The number of amides is 1. The molecule has 134 valence electrons. The number of rotatable bonds is 5. The summed E-state index contributed by atoms with van der Waals surface area (Å²) in [6.45, 7) is 3.78. The zero-order valence-corrected chi connectivity index (χ0v) is 14.5. The number of pyridine rings is 1. The lowest BCUT2D eigenvalue weighted by Gasteiger charge is -2.26. The van der Waals surface area contributed by atoms with E-state index in [1.54, 1.807) is 24.5 Å². The van der Waals surface area contributed by atoms with Crippen LogP contribution in [0.25, 0.3) is 0 Å². The molecule has 6 heteroatoms. The fourth-order valence-corrected chi connectivity index (χ4v) is 3.09. The number of benzene rings is 1. The first-order chi connectivity index (χ1) is 12.4. The average molecular weight is 354 g/mol. The molecule has 3 rings (SSSR count). The van der Waals surface area contributed by atoms with Crippen LogP contribution in [0.4, 0.5) is 10.1 Å². The van der Waals surface area contributed by atoms with Crippen molar-refractivity contribution >= 4 is 17.4 Å². The van der Waals surface area contributed by atoms with E-state index in [2.05, 4.69) is 4.98 Å². The third-order valence-electron chi connectivity index (χ3n) is 4.21. The smallest absolute Gasteiger partial charge is 0.294 e. The molecule has 0 saturated carbocycles. The van der Waals surface area contributed by atoms with Gasteiger partial charge in [0, 0.05) is 24.5 Å². The minimum absolute atomic E-state index is 0.0565. The molecule has 1 aromatic carbocycles. The number of Topliss-reactive ketones (excluding diaryl/α,β-unsaturated/α-hetero) is 1. The number of aromatic nitrogens is 1. The largest absolute Gasteiger partial charge is 0.503 e. The monoisotopic (exact) mass is 354 g/mol. The molecule has 1 aliphatic rings. The number of ketones is 1. The Labute approximate surface area is 150 Å². The van der Waals surface area contributed by atoms with Crippen molar-refractivity contribution in [3.63, 3.8) is 0 Å². The highest BCUT2D eigenvalue weighted by Gasteiger charge is 2.44. The number of anilines is 1. The molecule has 1 amide bonds. The Hall–Kier alpha value is -3.02. The summed E-state index contributed by atoms with van der Waals surface area (Å²) in [5.41, 5.74) is 1.05. The van der Waals surface area contributed by atoms with E-state index in [-0.39, 0.29) is 23.7 Å². The lowest BCUT2D eigenvalue weighted by atomic mass is 9.93. The van der Waals surface area contributed by atoms with E-state index in [0.29, 0.717) is 11.3 Å². The molecule has 2 heterocycles. The Balaban J connectivity index is 2.12. The van der Waals surface area contributed by atoms with Crippen molar-refractivity contribution in [3.8, 4) is 0 Å². The van der Waals surface area contributed by atoms with Gasteiger partial charge in [-0.3, -0.25) is 19.5 Å². The van der Waals surface area contributed by atoms with E-state index in [1.807, 2.05) is 13.8 Å². The number of carbonyl (C=O) groups excluding carboxylic acids is 2. The molecule has 1 unspecified atom stereocenters. The van der Waals surface area contributed by atoms with Crippen LogP contribution in [0.2, 0.25) is 0 Å². The standard InChI is InChI=1S/C20H19FN2O3/c1-12(2)10-16(24)17-18(13-4-3-9-22-11-13)23(20(26)19(17)25)15-7-5-14(21)6-8-15/h3-9,11-12,18,25H,10H2,1-2H3. The molecule has 0 fully saturated rings. The molecule has 0 radical (unpaired) electrons. The van der Waals surface area contributed by atoms with Crippen molar-refractivity contribution in [3.05, 3.63) is 71.5 Å². The highest BCUT2D eigenvalue weighted by atomic mass is 19.1. The van der Waals surface area contributed by atoms with Crippen LogP contribution in [0.1, 0.15) is 31.9 Å². The quantitative estimate of drug-likeness (QED) is 0.888. The molecule has 2 aromatic rings. The average Bonchev–Trinajstić information content (AvgIpc) is 2.88. The van der Waals surface area contributed by atoms with Crippen LogP contribution in [0.15, 0.2) is 60.1 Å². The van der Waals surface area contributed by atoms with E-state index in [4.69, 9.17) is 0 Å². The Morgan fingerprint density at radius 2 is 1.96 bits per heavy atom. The van der Waals surface area contributed by atoms with E-state index in [1.165, 1.54) is 29.2 Å². The number of hydrogen-bond acceptors (Lipinski definition) is 4. The van der Waals surface area contributed by atoms with E-state index in [0.717, 1.165) is 0 Å². The maximum Gasteiger partial charge on any atom is 0.294 e. The number of carbonyl (C=O) groups is 2. The number of nitrogens with zero attached hydrogens (tertiary/aromatic N) is 2. The van der Waals surface area contributed by atoms with Gasteiger partial charge in [0.2, 0.25) is 0 Å². The second-order valence-corrected chi connectivity index (χ2v) is 6.62. The predicted octanol–water partition coefficient (Wildman–Crippen LogP) is 3.74. The first-order valence-electron chi connectivity index (χ1n) is 8.35. The molecule has 1 aliphatic heterocycles. The van der Waals surface area contributed by atoms with Gasteiger partial charge >= 0.3 is 0 Å². The summed E-state index contributed by atoms with van der Waals surface area (Å²) in [5.74, 6) is -1.89. The second-order valence-electron chi connectivity index (χ2n) is 6.62. The summed E-state index contributed by atoms with van der Waals surface area (Å²) in [5, 5.41) is 10.4. The Kier molecular flexibility index (Phi) is 4.84. The van der Waals surface area contributed by atoms with Crippen molar-refractivity contribution in [1.29, 1.82) is 0 Å². The van der Waals surface area contributed by atoms with Crippen LogP contribution in [-0.4, -0.2) is 21.8 Å². The fourth-order valence-electron chi connectivity index (χ4n) is 3.09. The molecule has 1 atom stereocenters. The van der Waals surface area contributed by atoms with Gasteiger partial charge in [-0.05, 0) is 41.8 Å². The first kappa shape index (κ1) is 17.8. The minimum Gasteiger partial charge on any atom is -0.503 e. The van der Waals surface area contributed by atoms with Gasteiger partial charge in [-0.1, -0.05) is 19.9 Å². The summed E-state index contributed by atoms with van der Waals surface area (Å²) in [6, 6.07) is 7.99. The topological polar surface area (TPSA) is 70.5 Å². The van der Waals surface area contributed by atoms with Crippen LogP contribution >= 0.6 is 0 Å². The molecule has 0 saturated heterocycles. The van der Waals surface area contributed by atoms with Gasteiger partial charge in [-0.25, -0.2) is 4.39 Å². The molecule has 0 aliphatic carbocycles. The van der Waals surface area contributed by atoms with Gasteiger partial charge in [0.1, 0.15) is 5.82 Å². The summed E-state index contributed by atoms with van der Waals surface area (Å²) in [4.78, 5) is 30.8. The molecule has 1 aromatic heterocycles. The lowest BCUT2D eigenvalue weighted by Crippen LogP contribution is -2.31. The van der Waals surface area contributed by atoms with E-state index in [9.17, 15) is 19.1 Å². The molecule has 0 bridgehead atoms. The van der Waals surface area contributed by atoms with Gasteiger partial charge in [0.25, 0.3) is 5.91 Å². The number of aliphatic hydroxyl groups excluding tert-OH is 1. The lowest BCUT2D eigenvalue weighted by molar-refractivity contribution is -0.118. The zero-order chi connectivity index (χ0) is 18.8. The molecular formula is C20H19FN2O3. The number of halogens is 1. The molecule has 1 N–H and O–H groups in total. The zero-order valence-electron chi connectivity index (χ0n) is 14.5. The highest BCUT2D eigenvalue weighted by Crippen LogP contribution is 2.41. The van der Waals surface area contributed by atoms with Crippen LogP contribution in [0.5, 0.6) is 0 Å². The third-order valence-corrected chi connectivity index (χ3v) is 4.21. The van der Waals surface area contributed by atoms with Gasteiger partial charge in [0.05, 0.1) is 11.6 Å². The molecule has 0 spiro atoms. The second kappa shape index (κ2) is 7.07. The summed E-state index contributed by atoms with van der Waals surface area (Å²) in [6.07, 6.45) is 3.35. The molecule has 26 heavy (non-hydrogen) atoms. The first-order valence-corrected chi connectivity index (χ1v) is 8.35. The fraction of sp³-hybridized carbons (Fsp3) is 0.250. The van der Waals surface area contributed by atoms with Gasteiger partial charge < -0.3 is 5.11 Å². The maximum atomic E-state index is 13.3. The summed E-state index contributed by atoms with van der Waals surface area (Å²) in [7, 11) is 0.